The Balaban J connectivity index is 1.70. The quantitative estimate of drug-likeness (QED) is 0.127. The standard InChI is InChI=1S/C34H40N2O6/c1-23(37)29(33(39)41-27-17-9-10-18-27)21-35-31(25-13-5-3-6-14-25)32(26-15-7-4-8-16-26)36-22-30(24(2)38)34(40)42-28-19-11-12-20-28/h3-8,13-16,21-22,27-28,31-32,37-38H,9-12,17-20H2,1-2H3/t31-,32-/m0/s1. The highest BCUT2D eigenvalue weighted by Gasteiger charge is 2.27. The number of nitrogens with zero attached hydrogens (tertiary/aromatic N) is 2. The van der Waals surface area contributed by atoms with Crippen LogP contribution in [0.2, 0.25) is 0 Å². The molecule has 2 aromatic carbocycles. The predicted molar refractivity (Wildman–Crippen MR) is 163 cm³/mol. The van der Waals surface area contributed by atoms with Crippen molar-refractivity contribution >= 4 is 24.4 Å². The Kier molecular flexibility index (Phi) is 11.1. The van der Waals surface area contributed by atoms with Crippen molar-refractivity contribution in [2.75, 3.05) is 0 Å². The molecule has 0 heterocycles. The summed E-state index contributed by atoms with van der Waals surface area (Å²) in [6.45, 7) is 2.86. The topological polar surface area (TPSA) is 118 Å². The molecule has 2 fully saturated rings. The SMILES string of the molecule is CC(O)=C(C=N[C@@H](c1ccccc1)[C@@H](N=CC(C(=O)OC1CCCC1)=C(C)O)c1ccccc1)C(=O)OC1CCCC1. The molecule has 0 unspecified atom stereocenters. The molecule has 2 N–H and O–H groups in total. The smallest absolute Gasteiger partial charge is 0.343 e. The third kappa shape index (κ3) is 8.41. The van der Waals surface area contributed by atoms with Gasteiger partial charge in [-0.3, -0.25) is 9.98 Å². The van der Waals surface area contributed by atoms with E-state index in [1.54, 1.807) is 0 Å². The van der Waals surface area contributed by atoms with Gasteiger partial charge in [0.1, 0.15) is 47.0 Å². The van der Waals surface area contributed by atoms with Crippen molar-refractivity contribution in [2.24, 2.45) is 9.98 Å². The molecule has 8 nitrogen and oxygen atoms in total. The lowest BCUT2D eigenvalue weighted by Gasteiger charge is -2.22. The van der Waals surface area contributed by atoms with Crippen molar-refractivity contribution in [3.63, 3.8) is 0 Å². The largest absolute Gasteiger partial charge is 0.512 e. The van der Waals surface area contributed by atoms with Gasteiger partial charge in [0, 0.05) is 12.4 Å². The van der Waals surface area contributed by atoms with Gasteiger partial charge in [-0.15, -0.1) is 0 Å². The Morgan fingerprint density at radius 1 is 0.667 bits per heavy atom. The van der Waals surface area contributed by atoms with Crippen LogP contribution in [-0.2, 0) is 19.1 Å². The Bertz CT molecular complexity index is 1210. The second kappa shape index (κ2) is 15.1. The van der Waals surface area contributed by atoms with E-state index >= 15 is 0 Å². The molecule has 8 heteroatoms. The van der Waals surface area contributed by atoms with Crippen molar-refractivity contribution in [1.29, 1.82) is 0 Å². The molecule has 2 aliphatic rings. The van der Waals surface area contributed by atoms with E-state index < -0.39 is 24.0 Å². The number of ether oxygens (including phenoxy) is 2. The lowest BCUT2D eigenvalue weighted by molar-refractivity contribution is -0.144. The fraction of sp³-hybridized carbons (Fsp3) is 0.412. The highest BCUT2D eigenvalue weighted by atomic mass is 16.5. The normalized spacial score (nSPS) is 19.0. The van der Waals surface area contributed by atoms with Crippen molar-refractivity contribution in [1.82, 2.24) is 0 Å². The van der Waals surface area contributed by atoms with Crippen LogP contribution in [0.4, 0.5) is 0 Å². The van der Waals surface area contributed by atoms with Crippen LogP contribution in [0.3, 0.4) is 0 Å². The molecule has 0 spiro atoms. The maximum absolute atomic E-state index is 13.0. The lowest BCUT2D eigenvalue weighted by atomic mass is 9.94. The summed E-state index contributed by atoms with van der Waals surface area (Å²) in [6.07, 6.45) is 9.62. The number of aliphatic imine (C=N–C) groups is 2. The number of hydrogen-bond acceptors (Lipinski definition) is 8. The molecule has 2 aromatic rings. The lowest BCUT2D eigenvalue weighted by Crippen LogP contribution is -2.19. The zero-order valence-corrected chi connectivity index (χ0v) is 24.3. The fourth-order valence-electron chi connectivity index (χ4n) is 5.34. The zero-order valence-electron chi connectivity index (χ0n) is 24.3. The minimum atomic E-state index is -0.649. The Morgan fingerprint density at radius 2 is 1.00 bits per heavy atom. The van der Waals surface area contributed by atoms with Crippen molar-refractivity contribution in [3.05, 3.63) is 94.5 Å². The average molecular weight is 573 g/mol. The summed E-state index contributed by atoms with van der Waals surface area (Å²) in [5.74, 6) is -1.62. The molecule has 0 radical (unpaired) electrons. The summed E-state index contributed by atoms with van der Waals surface area (Å²) in [4.78, 5) is 35.6. The molecule has 2 saturated carbocycles. The number of rotatable bonds is 11. The van der Waals surface area contributed by atoms with E-state index in [0.717, 1.165) is 62.5 Å². The Hall–Kier alpha value is -4.20. The minimum Gasteiger partial charge on any atom is -0.512 e. The number of esters is 2. The van der Waals surface area contributed by atoms with E-state index in [0.29, 0.717) is 0 Å². The molecule has 0 bridgehead atoms. The Morgan fingerprint density at radius 3 is 1.31 bits per heavy atom. The molecular weight excluding hydrogens is 532 g/mol. The zero-order chi connectivity index (χ0) is 29.9. The van der Waals surface area contributed by atoms with Crippen LogP contribution >= 0.6 is 0 Å². The number of benzene rings is 2. The van der Waals surface area contributed by atoms with E-state index in [2.05, 4.69) is 0 Å². The van der Waals surface area contributed by atoms with Crippen LogP contribution in [0.5, 0.6) is 0 Å². The highest BCUT2D eigenvalue weighted by molar-refractivity contribution is 6.10. The second-order valence-electron chi connectivity index (χ2n) is 10.9. The van der Waals surface area contributed by atoms with Gasteiger partial charge < -0.3 is 19.7 Å². The number of aliphatic hydroxyl groups is 2. The summed E-state index contributed by atoms with van der Waals surface area (Å²) in [5, 5.41) is 20.8. The van der Waals surface area contributed by atoms with Crippen LogP contribution in [0, 0.1) is 0 Å². The molecule has 0 amide bonds. The van der Waals surface area contributed by atoms with Gasteiger partial charge in [-0.2, -0.15) is 0 Å². The molecule has 2 atom stereocenters. The van der Waals surface area contributed by atoms with Gasteiger partial charge in [-0.05, 0) is 76.3 Å². The molecule has 4 rings (SSSR count). The number of allylic oxidation sites excluding steroid dienone is 2. The molecule has 222 valence electrons. The highest BCUT2D eigenvalue weighted by Crippen LogP contribution is 2.36. The minimum absolute atomic E-state index is 0.0226. The third-order valence-electron chi connectivity index (χ3n) is 7.68. The fourth-order valence-corrected chi connectivity index (χ4v) is 5.34. The van der Waals surface area contributed by atoms with E-state index in [4.69, 9.17) is 19.5 Å². The maximum atomic E-state index is 13.0. The van der Waals surface area contributed by atoms with Crippen LogP contribution < -0.4 is 0 Å². The van der Waals surface area contributed by atoms with Gasteiger partial charge in [0.2, 0.25) is 0 Å². The average Bonchev–Trinajstić information content (AvgIpc) is 3.69. The summed E-state index contributed by atoms with van der Waals surface area (Å²) in [5.41, 5.74) is 1.56. The summed E-state index contributed by atoms with van der Waals surface area (Å²) in [6, 6.07) is 17.6. The second-order valence-corrected chi connectivity index (χ2v) is 10.9. The van der Waals surface area contributed by atoms with E-state index in [1.165, 1.54) is 26.3 Å². The van der Waals surface area contributed by atoms with Crippen LogP contribution in [-0.4, -0.2) is 46.8 Å². The summed E-state index contributed by atoms with van der Waals surface area (Å²) < 4.78 is 11.3. The van der Waals surface area contributed by atoms with Crippen molar-refractivity contribution in [3.8, 4) is 0 Å². The third-order valence-corrected chi connectivity index (χ3v) is 7.68. The van der Waals surface area contributed by atoms with Gasteiger partial charge in [-0.1, -0.05) is 60.7 Å². The number of carbonyl (C=O) groups excluding carboxylic acids is 2. The predicted octanol–water partition coefficient (Wildman–Crippen LogP) is 7.25. The van der Waals surface area contributed by atoms with E-state index in [-0.39, 0.29) is 34.9 Å². The Labute approximate surface area is 247 Å². The van der Waals surface area contributed by atoms with Gasteiger partial charge in [0.15, 0.2) is 0 Å². The molecule has 0 saturated heterocycles. The molecular formula is C34H40N2O6. The first kappa shape index (κ1) is 30.8. The van der Waals surface area contributed by atoms with E-state index in [1.807, 2.05) is 60.7 Å². The van der Waals surface area contributed by atoms with Gasteiger partial charge in [0.05, 0.1) is 0 Å². The van der Waals surface area contributed by atoms with Gasteiger partial charge >= 0.3 is 11.9 Å². The monoisotopic (exact) mass is 572 g/mol. The van der Waals surface area contributed by atoms with Crippen molar-refractivity contribution in [2.45, 2.75) is 89.5 Å². The van der Waals surface area contributed by atoms with E-state index in [9.17, 15) is 19.8 Å². The number of hydrogen-bond donors (Lipinski definition) is 2. The maximum Gasteiger partial charge on any atom is 0.343 e. The van der Waals surface area contributed by atoms with Gasteiger partial charge in [0.25, 0.3) is 0 Å². The first-order valence-electron chi connectivity index (χ1n) is 14.7. The van der Waals surface area contributed by atoms with Crippen LogP contribution in [0.25, 0.3) is 0 Å². The molecule has 0 aliphatic heterocycles. The number of aliphatic hydroxyl groups excluding tert-OH is 2. The van der Waals surface area contributed by atoms with Crippen LogP contribution in [0.1, 0.15) is 88.4 Å². The first-order valence-corrected chi connectivity index (χ1v) is 14.7. The van der Waals surface area contributed by atoms with Crippen molar-refractivity contribution < 1.29 is 29.3 Å². The van der Waals surface area contributed by atoms with Crippen LogP contribution in [0.15, 0.2) is 93.3 Å². The summed E-state index contributed by atoms with van der Waals surface area (Å²) in [7, 11) is 0. The molecule has 0 aromatic heterocycles. The molecule has 42 heavy (non-hydrogen) atoms. The summed E-state index contributed by atoms with van der Waals surface area (Å²) >= 11 is 0. The first-order chi connectivity index (χ1) is 20.3. The molecule has 2 aliphatic carbocycles. The number of carbonyl (C=O) groups is 2. The van der Waals surface area contributed by atoms with Gasteiger partial charge in [-0.25, -0.2) is 9.59 Å².